The van der Waals surface area contributed by atoms with E-state index in [0.717, 1.165) is 12.7 Å². The number of aliphatic hydroxyl groups excluding tert-OH is 3. The smallest absolute Gasteiger partial charge is 0.394 e. The van der Waals surface area contributed by atoms with Gasteiger partial charge in [0.25, 0.3) is 5.56 Å². The van der Waals surface area contributed by atoms with Crippen molar-refractivity contribution in [2.45, 2.75) is 49.1 Å². The second-order valence-corrected chi connectivity index (χ2v) is 12.6. The van der Waals surface area contributed by atoms with Crippen LogP contribution >= 0.6 is 15.9 Å². The van der Waals surface area contributed by atoms with Crippen LogP contribution in [0.1, 0.15) is 12.5 Å². The number of nitrogens with one attached hydrogen (secondary N) is 1. The van der Waals surface area contributed by atoms with E-state index >= 15 is 0 Å². The minimum atomic E-state index is -5.11. The molecular formula is C21H28N10O13P2. The lowest BCUT2D eigenvalue weighted by Gasteiger charge is -2.25. The fraction of sp³-hybridized carbons (Fsp3) is 0.524. The van der Waals surface area contributed by atoms with Crippen LogP contribution in [0.25, 0.3) is 22.3 Å². The fourth-order valence-corrected chi connectivity index (χ4v) is 6.44. The van der Waals surface area contributed by atoms with E-state index in [0.29, 0.717) is 0 Å². The fourth-order valence-electron chi connectivity index (χ4n) is 5.17. The molecular weight excluding hydrogens is 662 g/mol. The number of rotatable bonds is 11. The van der Waals surface area contributed by atoms with Gasteiger partial charge >= 0.3 is 7.82 Å². The molecule has 25 heteroatoms. The van der Waals surface area contributed by atoms with Gasteiger partial charge in [0.2, 0.25) is 14.0 Å². The first-order valence-corrected chi connectivity index (χ1v) is 16.4. The summed E-state index contributed by atoms with van der Waals surface area (Å²) in [4.78, 5) is 54.5. The lowest BCUT2D eigenvalue weighted by molar-refractivity contribution is -0.0664. The Morgan fingerprint density at radius 2 is 1.65 bits per heavy atom. The van der Waals surface area contributed by atoms with Crippen molar-refractivity contribution in [1.29, 1.82) is 0 Å². The number of phosphoric acid groups is 1. The summed E-state index contributed by atoms with van der Waals surface area (Å²) in [5, 5.41) is 31.5. The third kappa shape index (κ3) is 6.03. The second-order valence-electron chi connectivity index (χ2n) is 10.2. The predicted molar refractivity (Wildman–Crippen MR) is 151 cm³/mol. The molecule has 10 atom stereocenters. The van der Waals surface area contributed by atoms with Crippen molar-refractivity contribution in [1.82, 2.24) is 39.0 Å². The first-order chi connectivity index (χ1) is 21.9. The number of hydrogen-bond acceptors (Lipinski definition) is 18. The molecule has 3 unspecified atom stereocenters. The van der Waals surface area contributed by atoms with E-state index in [-0.39, 0.29) is 34.1 Å². The van der Waals surface area contributed by atoms with Crippen LogP contribution in [-0.2, 0) is 32.4 Å². The molecule has 4 aromatic heterocycles. The zero-order valence-corrected chi connectivity index (χ0v) is 25.1. The number of phosphoric ester groups is 1. The average Bonchev–Trinajstić information content (AvgIpc) is 3.76. The van der Waals surface area contributed by atoms with Crippen molar-refractivity contribution in [2.24, 2.45) is 0 Å². The molecule has 6 heterocycles. The Morgan fingerprint density at radius 1 is 1.00 bits per heavy atom. The number of ether oxygens (including phenoxy) is 3. The molecule has 6 rings (SSSR count). The van der Waals surface area contributed by atoms with Gasteiger partial charge in [0.05, 0.1) is 25.9 Å². The van der Waals surface area contributed by atoms with Crippen molar-refractivity contribution in [3.63, 3.8) is 0 Å². The summed E-state index contributed by atoms with van der Waals surface area (Å²) in [5.74, 6) is -0.222. The maximum absolute atomic E-state index is 13.2. The van der Waals surface area contributed by atoms with E-state index in [2.05, 4.69) is 29.9 Å². The number of nitrogens with two attached hydrogens (primary N) is 2. The number of hydrogen-bond donors (Lipinski definition) is 8. The van der Waals surface area contributed by atoms with Crippen LogP contribution in [0.4, 0.5) is 11.8 Å². The third-order valence-corrected chi connectivity index (χ3v) is 8.65. The number of fused-ring (bicyclic) bond motifs is 2. The van der Waals surface area contributed by atoms with Crippen LogP contribution in [0.3, 0.4) is 0 Å². The van der Waals surface area contributed by atoms with Gasteiger partial charge < -0.3 is 50.8 Å². The Kier molecular flexibility index (Phi) is 8.93. The lowest BCUT2D eigenvalue weighted by atomic mass is 10.1. The molecule has 2 saturated heterocycles. The van der Waals surface area contributed by atoms with Crippen LogP contribution in [0.5, 0.6) is 0 Å². The number of aromatic nitrogens is 8. The molecule has 0 radical (unpaired) electrons. The van der Waals surface area contributed by atoms with Crippen molar-refractivity contribution in [3.05, 3.63) is 29.3 Å². The number of H-pyrrole nitrogens is 1. The summed E-state index contributed by atoms with van der Waals surface area (Å²) < 4.78 is 54.4. The number of anilines is 2. The Morgan fingerprint density at radius 3 is 2.37 bits per heavy atom. The van der Waals surface area contributed by atoms with Crippen molar-refractivity contribution >= 4 is 49.9 Å². The molecule has 0 spiro atoms. The minimum absolute atomic E-state index is 0.0339. The highest BCUT2D eigenvalue weighted by atomic mass is 31.2. The van der Waals surface area contributed by atoms with Crippen LogP contribution in [0.15, 0.2) is 23.8 Å². The van der Waals surface area contributed by atoms with Crippen LogP contribution in [-0.4, -0.2) is 120 Å². The summed E-state index contributed by atoms with van der Waals surface area (Å²) >= 11 is 0. The van der Waals surface area contributed by atoms with Gasteiger partial charge in [-0.1, -0.05) is 0 Å². The molecule has 4 aromatic rings. The van der Waals surface area contributed by atoms with E-state index in [1.54, 1.807) is 0 Å². The van der Waals surface area contributed by atoms with Crippen molar-refractivity contribution in [3.8, 4) is 0 Å². The summed E-state index contributed by atoms with van der Waals surface area (Å²) in [6.45, 7) is -1.49. The van der Waals surface area contributed by atoms with E-state index in [4.69, 9.17) is 34.7 Å². The first kappa shape index (κ1) is 32.5. The Balaban J connectivity index is 1.21. The van der Waals surface area contributed by atoms with Crippen molar-refractivity contribution in [2.75, 3.05) is 31.0 Å². The van der Waals surface area contributed by atoms with Gasteiger partial charge in [-0.2, -0.15) is 4.98 Å². The van der Waals surface area contributed by atoms with Gasteiger partial charge in [0.1, 0.15) is 54.8 Å². The van der Waals surface area contributed by atoms with Crippen molar-refractivity contribution < 1.29 is 57.5 Å². The number of aliphatic hydroxyl groups is 3. The second kappa shape index (κ2) is 12.6. The minimum Gasteiger partial charge on any atom is -0.394 e. The standard InChI is InChI=1S/C21H28N10O13P2/c22-15-9-16(25-3-24-15)30(4-26-9)20-14(11(33)7(1-32)42-20)44-46(38,39)41-2-8-12(34)13(40-6-45(36)37)19(43-8)31-5-27-10-17(31)28-21(23)29-18(10)35/h3-5,7-8,11-14,19-20,32-34,45H,1-2,6H2,(H,36,37)(H,38,39)(H2,22,24,25)(H3,23,28,29,35)/t7-,8-,11+,12+,13?,14+,19-,20-/m1/s1. The molecule has 10 N–H and O–H groups in total. The largest absolute Gasteiger partial charge is 0.472 e. The van der Waals surface area contributed by atoms with E-state index in [9.17, 15) is 39.0 Å². The Hall–Kier alpha value is -3.44. The maximum Gasteiger partial charge on any atom is 0.472 e. The predicted octanol–water partition coefficient (Wildman–Crippen LogP) is -3.06. The molecule has 2 aliphatic rings. The van der Waals surface area contributed by atoms with E-state index in [1.807, 2.05) is 0 Å². The SMILES string of the molecule is Nc1nc2c(ncn2[C@@H]2O[C@H](COP(=O)(O)O[C@H]3[C@@H](O)[C@@H](CO)O[C@H]3n3cnc4c(N)ncnc43)[C@H](O)C2OC[PH](=O)O)c(=O)[nH]1. The monoisotopic (exact) mass is 690 g/mol. The molecule has 0 aromatic carbocycles. The molecule has 0 aliphatic carbocycles. The average molecular weight is 690 g/mol. The number of nitrogen functional groups attached to an aromatic ring is 2. The van der Waals surface area contributed by atoms with E-state index in [1.165, 1.54) is 15.5 Å². The summed E-state index contributed by atoms with van der Waals surface area (Å²) in [5.41, 5.74) is 10.9. The third-order valence-electron chi connectivity index (χ3n) is 7.25. The summed E-state index contributed by atoms with van der Waals surface area (Å²) in [6.07, 6.45) is -8.76. The Bertz CT molecular complexity index is 1870. The highest BCUT2D eigenvalue weighted by molar-refractivity contribution is 7.47. The first-order valence-electron chi connectivity index (χ1n) is 13.3. The lowest BCUT2D eigenvalue weighted by Crippen LogP contribution is -2.36. The molecule has 250 valence electrons. The topological polar surface area (TPSA) is 341 Å². The Labute approximate surface area is 256 Å². The van der Waals surface area contributed by atoms with Gasteiger partial charge in [-0.3, -0.25) is 32.5 Å². The zero-order chi connectivity index (χ0) is 32.9. The quantitative estimate of drug-likeness (QED) is 0.0724. The van der Waals surface area contributed by atoms with Crippen LogP contribution in [0.2, 0.25) is 0 Å². The number of imidazole rings is 2. The number of nitrogens with zero attached hydrogens (tertiary/aromatic N) is 7. The maximum atomic E-state index is 13.2. The molecule has 0 bridgehead atoms. The highest BCUT2D eigenvalue weighted by Gasteiger charge is 2.51. The van der Waals surface area contributed by atoms with Gasteiger partial charge in [-0.05, 0) is 0 Å². The summed E-state index contributed by atoms with van der Waals surface area (Å²) in [7, 11) is -8.28. The van der Waals surface area contributed by atoms with Crippen LogP contribution < -0.4 is 17.0 Å². The molecule has 0 saturated carbocycles. The van der Waals surface area contributed by atoms with Gasteiger partial charge in [0.15, 0.2) is 35.1 Å². The zero-order valence-electron chi connectivity index (χ0n) is 23.2. The van der Waals surface area contributed by atoms with Crippen LogP contribution in [0, 0.1) is 0 Å². The molecule has 46 heavy (non-hydrogen) atoms. The van der Waals surface area contributed by atoms with E-state index < -0.39 is 90.1 Å². The van der Waals surface area contributed by atoms with Gasteiger partial charge in [0, 0.05) is 0 Å². The number of aromatic amines is 1. The van der Waals surface area contributed by atoms with Gasteiger partial charge in [-0.25, -0.2) is 24.5 Å². The normalized spacial score (nSPS) is 30.3. The molecule has 2 aliphatic heterocycles. The molecule has 23 nitrogen and oxygen atoms in total. The molecule has 2 fully saturated rings. The van der Waals surface area contributed by atoms with Gasteiger partial charge in [-0.15, -0.1) is 0 Å². The molecule has 0 amide bonds. The summed E-state index contributed by atoms with van der Waals surface area (Å²) in [6, 6.07) is 0. The highest BCUT2D eigenvalue weighted by Crippen LogP contribution is 2.50.